The van der Waals surface area contributed by atoms with Crippen molar-refractivity contribution in [2.45, 2.75) is 45.4 Å². The molecule has 0 aliphatic heterocycles. The van der Waals surface area contributed by atoms with Crippen LogP contribution in [0.2, 0.25) is 0 Å². The highest BCUT2D eigenvalue weighted by atomic mass is 32.1. The molecule has 2 aromatic rings. The lowest BCUT2D eigenvalue weighted by molar-refractivity contribution is -0.118. The van der Waals surface area contributed by atoms with Gasteiger partial charge in [0.1, 0.15) is 10.8 Å². The quantitative estimate of drug-likeness (QED) is 0.847. The molecule has 3 rings (SSSR count). The summed E-state index contributed by atoms with van der Waals surface area (Å²) in [5, 5.41) is 6.03. The first-order valence-corrected chi connectivity index (χ1v) is 9.82. The van der Waals surface area contributed by atoms with E-state index in [0.717, 1.165) is 16.0 Å². The number of Topliss-reactive ketones (excluding diaryl/α,β-unsaturated/α-hetero) is 1. The van der Waals surface area contributed by atoms with E-state index in [1.807, 2.05) is 12.1 Å². The first kappa shape index (κ1) is 19.3. The summed E-state index contributed by atoms with van der Waals surface area (Å²) in [5.41, 5.74) is 3.08. The van der Waals surface area contributed by atoms with E-state index in [9.17, 15) is 14.4 Å². The highest BCUT2D eigenvalue weighted by molar-refractivity contribution is 7.17. The number of benzene rings is 1. The molecule has 0 saturated carbocycles. The molecular weight excluding hydrogens is 360 g/mol. The lowest BCUT2D eigenvalue weighted by Gasteiger charge is -2.19. The molecule has 2 N–H and O–H groups in total. The first-order valence-electron chi connectivity index (χ1n) is 9.01. The van der Waals surface area contributed by atoms with Crippen LogP contribution >= 0.6 is 11.3 Å². The Bertz CT molecular complexity index is 905. The van der Waals surface area contributed by atoms with Crippen LogP contribution in [0.25, 0.3) is 0 Å². The average molecular weight is 385 g/mol. The Hall–Kier alpha value is -2.47. The number of carbonyl (C=O) groups excluding carboxylic acids is 3. The molecule has 1 aromatic heterocycles. The van der Waals surface area contributed by atoms with Crippen LogP contribution in [0, 0.1) is 0 Å². The van der Waals surface area contributed by atoms with Gasteiger partial charge in [0.25, 0.3) is 11.8 Å². The maximum Gasteiger partial charge on any atom is 0.256 e. The number of nitrogens with one attached hydrogen (secondary N) is 2. The van der Waals surface area contributed by atoms with Crippen molar-refractivity contribution in [2.24, 2.45) is 0 Å². The number of anilines is 1. The molecular formula is C21H24N2O3S. The summed E-state index contributed by atoms with van der Waals surface area (Å²) in [6.07, 6.45) is 1.32. The van der Waals surface area contributed by atoms with Crippen LogP contribution in [-0.4, -0.2) is 24.6 Å². The van der Waals surface area contributed by atoms with Gasteiger partial charge in [0.05, 0.1) is 5.56 Å². The molecule has 1 heterocycles. The molecule has 0 fully saturated rings. The van der Waals surface area contributed by atoms with Gasteiger partial charge in [-0.3, -0.25) is 14.4 Å². The van der Waals surface area contributed by atoms with Gasteiger partial charge in [0.15, 0.2) is 0 Å². The zero-order valence-electron chi connectivity index (χ0n) is 16.1. The Morgan fingerprint density at radius 1 is 1.04 bits per heavy atom. The Balaban J connectivity index is 1.89. The van der Waals surface area contributed by atoms with Crippen LogP contribution in [0.15, 0.2) is 24.3 Å². The van der Waals surface area contributed by atoms with Gasteiger partial charge in [-0.2, -0.15) is 0 Å². The van der Waals surface area contributed by atoms with Crippen molar-refractivity contribution in [2.75, 3.05) is 12.4 Å². The number of ketones is 1. The van der Waals surface area contributed by atoms with Gasteiger partial charge in [-0.1, -0.05) is 32.9 Å². The lowest BCUT2D eigenvalue weighted by atomic mass is 9.87. The second-order valence-electron chi connectivity index (χ2n) is 7.78. The molecule has 1 aliphatic rings. The first-order chi connectivity index (χ1) is 12.7. The molecule has 2 amide bonds. The van der Waals surface area contributed by atoms with Crippen LogP contribution < -0.4 is 10.6 Å². The molecule has 0 radical (unpaired) electrons. The Kier molecular flexibility index (Phi) is 5.20. The van der Waals surface area contributed by atoms with Crippen molar-refractivity contribution in [3.05, 3.63) is 51.4 Å². The third-order valence-electron chi connectivity index (χ3n) is 4.80. The van der Waals surface area contributed by atoms with Crippen LogP contribution in [0.5, 0.6) is 0 Å². The summed E-state index contributed by atoms with van der Waals surface area (Å²) in [4.78, 5) is 37.7. The summed E-state index contributed by atoms with van der Waals surface area (Å²) in [6.45, 7) is 6.36. The number of fused-ring (bicyclic) bond motifs is 1. The predicted molar refractivity (Wildman–Crippen MR) is 108 cm³/mol. The Labute approximate surface area is 163 Å². The largest absolute Gasteiger partial charge is 0.355 e. The number of hydrogen-bond donors (Lipinski definition) is 2. The van der Waals surface area contributed by atoms with Gasteiger partial charge in [-0.15, -0.1) is 11.3 Å². The summed E-state index contributed by atoms with van der Waals surface area (Å²) < 4.78 is 0. The number of thiophene rings is 1. The number of rotatable bonds is 3. The molecule has 0 bridgehead atoms. The summed E-state index contributed by atoms with van der Waals surface area (Å²) in [6, 6.07) is 7.50. The van der Waals surface area contributed by atoms with Crippen molar-refractivity contribution < 1.29 is 14.4 Å². The fourth-order valence-corrected chi connectivity index (χ4v) is 4.47. The minimum atomic E-state index is -0.259. The van der Waals surface area contributed by atoms with Crippen LogP contribution in [0.4, 0.5) is 5.00 Å². The van der Waals surface area contributed by atoms with Gasteiger partial charge in [0.2, 0.25) is 0 Å². The van der Waals surface area contributed by atoms with E-state index in [1.54, 1.807) is 19.2 Å². The molecule has 0 atom stereocenters. The maximum atomic E-state index is 12.7. The van der Waals surface area contributed by atoms with Crippen LogP contribution in [0.1, 0.15) is 63.9 Å². The van der Waals surface area contributed by atoms with Crippen molar-refractivity contribution in [1.29, 1.82) is 0 Å². The molecule has 5 nitrogen and oxygen atoms in total. The van der Waals surface area contributed by atoms with E-state index < -0.39 is 0 Å². The normalized spacial score (nSPS) is 13.9. The highest BCUT2D eigenvalue weighted by Gasteiger charge is 2.28. The van der Waals surface area contributed by atoms with Gasteiger partial charge >= 0.3 is 0 Å². The smallest absolute Gasteiger partial charge is 0.256 e. The molecule has 0 unspecified atom stereocenters. The zero-order chi connectivity index (χ0) is 19.8. The minimum Gasteiger partial charge on any atom is -0.355 e. The fourth-order valence-electron chi connectivity index (χ4n) is 3.20. The molecule has 1 aliphatic carbocycles. The van der Waals surface area contributed by atoms with Crippen LogP contribution in [0.3, 0.4) is 0 Å². The topological polar surface area (TPSA) is 75.3 Å². The second-order valence-corrected chi connectivity index (χ2v) is 8.89. The SMILES string of the molecule is CNC(=O)c1c(NC(=O)c2ccc(C(C)(C)C)cc2)sc2c1CCC(=O)C2. The van der Waals surface area contributed by atoms with E-state index in [2.05, 4.69) is 31.4 Å². The maximum absolute atomic E-state index is 12.7. The number of amides is 2. The van der Waals surface area contributed by atoms with Crippen molar-refractivity contribution in [1.82, 2.24) is 5.32 Å². The second kappa shape index (κ2) is 7.27. The minimum absolute atomic E-state index is 0.0146. The zero-order valence-corrected chi connectivity index (χ0v) is 16.9. The molecule has 0 saturated heterocycles. The number of carbonyl (C=O) groups is 3. The summed E-state index contributed by atoms with van der Waals surface area (Å²) >= 11 is 1.33. The standard InChI is InChI=1S/C21H24N2O3S/c1-21(2,3)13-7-5-12(6-8-13)18(25)23-20-17(19(26)22-4)15-10-9-14(24)11-16(15)27-20/h5-8H,9-11H2,1-4H3,(H,22,26)(H,23,25). The lowest BCUT2D eigenvalue weighted by Crippen LogP contribution is -2.23. The van der Waals surface area contributed by atoms with Gasteiger partial charge in [-0.25, -0.2) is 0 Å². The molecule has 6 heteroatoms. The van der Waals surface area contributed by atoms with E-state index in [1.165, 1.54) is 11.3 Å². The average Bonchev–Trinajstić information content (AvgIpc) is 2.97. The van der Waals surface area contributed by atoms with Gasteiger partial charge in [-0.05, 0) is 35.1 Å². The molecule has 1 aromatic carbocycles. The number of hydrogen-bond acceptors (Lipinski definition) is 4. The fraction of sp³-hybridized carbons (Fsp3) is 0.381. The third-order valence-corrected chi connectivity index (χ3v) is 5.94. The van der Waals surface area contributed by atoms with E-state index in [4.69, 9.17) is 0 Å². The summed E-state index contributed by atoms with van der Waals surface area (Å²) in [5.74, 6) is -0.325. The van der Waals surface area contributed by atoms with E-state index in [-0.39, 0.29) is 23.0 Å². The Morgan fingerprint density at radius 3 is 2.30 bits per heavy atom. The highest BCUT2D eigenvalue weighted by Crippen LogP contribution is 2.37. The predicted octanol–water partition coefficient (Wildman–Crippen LogP) is 3.72. The molecule has 0 spiro atoms. The van der Waals surface area contributed by atoms with E-state index >= 15 is 0 Å². The van der Waals surface area contributed by atoms with Crippen molar-refractivity contribution >= 4 is 33.9 Å². The van der Waals surface area contributed by atoms with Crippen molar-refractivity contribution in [3.8, 4) is 0 Å². The van der Waals surface area contributed by atoms with Crippen LogP contribution in [-0.2, 0) is 23.1 Å². The van der Waals surface area contributed by atoms with Gasteiger partial charge in [0, 0.05) is 30.3 Å². The van der Waals surface area contributed by atoms with E-state index in [0.29, 0.717) is 35.4 Å². The van der Waals surface area contributed by atoms with Crippen molar-refractivity contribution in [3.63, 3.8) is 0 Å². The third kappa shape index (κ3) is 3.95. The molecule has 142 valence electrons. The monoisotopic (exact) mass is 384 g/mol. The Morgan fingerprint density at radius 2 is 1.70 bits per heavy atom. The van der Waals surface area contributed by atoms with Gasteiger partial charge < -0.3 is 10.6 Å². The molecule has 27 heavy (non-hydrogen) atoms. The summed E-state index contributed by atoms with van der Waals surface area (Å²) in [7, 11) is 1.57.